The minimum absolute atomic E-state index is 0.0405. The number of aliphatic hydroxyl groups is 1. The summed E-state index contributed by atoms with van der Waals surface area (Å²) in [5, 5.41) is 10.6. The van der Waals surface area contributed by atoms with Crippen LogP contribution in [0.15, 0.2) is 36.4 Å². The third-order valence-corrected chi connectivity index (χ3v) is 7.70. The quantitative estimate of drug-likeness (QED) is 0.378. The molecule has 0 aliphatic carbocycles. The molecule has 0 radical (unpaired) electrons. The van der Waals surface area contributed by atoms with Crippen LogP contribution in [0.1, 0.15) is 51.7 Å². The molecule has 0 unspecified atom stereocenters. The van der Waals surface area contributed by atoms with Crippen molar-refractivity contribution in [1.29, 1.82) is 0 Å². The van der Waals surface area contributed by atoms with Crippen LogP contribution in [-0.4, -0.2) is 44.3 Å². The SMILES string of the molecule is CCCCOc1ccc(C(C)(C)c2cc(Cl)c(OC[C@@H](O)CS(=O)(=O)CC)c(Cl)c2)cc1. The van der Waals surface area contributed by atoms with Gasteiger partial charge < -0.3 is 14.6 Å². The first kappa shape index (κ1) is 26.8. The van der Waals surface area contributed by atoms with Crippen molar-refractivity contribution < 1.29 is 23.0 Å². The van der Waals surface area contributed by atoms with Gasteiger partial charge in [-0.3, -0.25) is 0 Å². The highest BCUT2D eigenvalue weighted by Crippen LogP contribution is 2.40. The van der Waals surface area contributed by atoms with E-state index < -0.39 is 15.9 Å². The number of benzene rings is 2. The number of sulfone groups is 1. The molecule has 8 heteroatoms. The summed E-state index contributed by atoms with van der Waals surface area (Å²) >= 11 is 12.9. The highest BCUT2D eigenvalue weighted by atomic mass is 35.5. The Bertz CT molecular complexity index is 965. The zero-order chi connectivity index (χ0) is 23.9. The van der Waals surface area contributed by atoms with Gasteiger partial charge in [0, 0.05) is 11.2 Å². The van der Waals surface area contributed by atoms with Gasteiger partial charge in [0.1, 0.15) is 18.5 Å². The van der Waals surface area contributed by atoms with Crippen molar-refractivity contribution in [3.63, 3.8) is 0 Å². The lowest BCUT2D eigenvalue weighted by molar-refractivity contribution is 0.125. The Morgan fingerprint density at radius 3 is 2.12 bits per heavy atom. The molecular weight excluding hydrogens is 471 g/mol. The van der Waals surface area contributed by atoms with Crippen molar-refractivity contribution in [2.75, 3.05) is 24.7 Å². The summed E-state index contributed by atoms with van der Waals surface area (Å²) in [6, 6.07) is 11.5. The molecule has 0 fully saturated rings. The van der Waals surface area contributed by atoms with Gasteiger partial charge in [0.2, 0.25) is 0 Å². The monoisotopic (exact) mass is 502 g/mol. The van der Waals surface area contributed by atoms with Crippen molar-refractivity contribution in [1.82, 2.24) is 0 Å². The molecular formula is C24H32Cl2O5S. The van der Waals surface area contributed by atoms with E-state index in [-0.39, 0.29) is 29.3 Å². The Morgan fingerprint density at radius 1 is 1.00 bits per heavy atom. The molecule has 0 heterocycles. The van der Waals surface area contributed by atoms with E-state index in [4.69, 9.17) is 32.7 Å². The number of halogens is 2. The average Bonchev–Trinajstić information content (AvgIpc) is 2.73. The second-order valence-electron chi connectivity index (χ2n) is 8.28. The molecule has 0 bridgehead atoms. The Labute approximate surface area is 201 Å². The molecule has 0 spiro atoms. The lowest BCUT2D eigenvalue weighted by atomic mass is 9.78. The molecule has 5 nitrogen and oxygen atoms in total. The lowest BCUT2D eigenvalue weighted by Gasteiger charge is -2.27. The average molecular weight is 503 g/mol. The molecule has 0 amide bonds. The van der Waals surface area contributed by atoms with Gasteiger partial charge >= 0.3 is 0 Å². The molecule has 1 atom stereocenters. The zero-order valence-electron chi connectivity index (χ0n) is 19.0. The van der Waals surface area contributed by atoms with Gasteiger partial charge in [-0.1, -0.05) is 69.5 Å². The third kappa shape index (κ3) is 7.27. The van der Waals surface area contributed by atoms with Gasteiger partial charge in [0.25, 0.3) is 0 Å². The molecule has 0 aliphatic heterocycles. The molecule has 2 rings (SSSR count). The Hall–Kier alpha value is -1.47. The largest absolute Gasteiger partial charge is 0.494 e. The topological polar surface area (TPSA) is 72.8 Å². The van der Waals surface area contributed by atoms with Crippen molar-refractivity contribution in [3.8, 4) is 11.5 Å². The van der Waals surface area contributed by atoms with Gasteiger partial charge in [-0.05, 0) is 41.8 Å². The number of aliphatic hydroxyl groups excluding tert-OH is 1. The van der Waals surface area contributed by atoms with E-state index in [9.17, 15) is 13.5 Å². The zero-order valence-corrected chi connectivity index (χ0v) is 21.4. The van der Waals surface area contributed by atoms with Crippen LogP contribution < -0.4 is 9.47 Å². The summed E-state index contributed by atoms with van der Waals surface area (Å²) in [6.45, 7) is 8.28. The number of hydrogen-bond donors (Lipinski definition) is 1. The van der Waals surface area contributed by atoms with Gasteiger partial charge in [0.15, 0.2) is 15.6 Å². The maximum Gasteiger partial charge on any atom is 0.156 e. The Morgan fingerprint density at radius 2 is 1.59 bits per heavy atom. The van der Waals surface area contributed by atoms with Gasteiger partial charge in [-0.25, -0.2) is 8.42 Å². The summed E-state index contributed by atoms with van der Waals surface area (Å²) in [5.74, 6) is 0.644. The highest BCUT2D eigenvalue weighted by molar-refractivity contribution is 7.91. The lowest BCUT2D eigenvalue weighted by Crippen LogP contribution is -2.28. The van der Waals surface area contributed by atoms with Crippen LogP contribution in [0.25, 0.3) is 0 Å². The maximum absolute atomic E-state index is 11.7. The van der Waals surface area contributed by atoms with E-state index >= 15 is 0 Å². The summed E-state index contributed by atoms with van der Waals surface area (Å²) in [7, 11) is -3.31. The number of ether oxygens (including phenoxy) is 2. The molecule has 2 aromatic rings. The summed E-state index contributed by atoms with van der Waals surface area (Å²) in [4.78, 5) is 0. The summed E-state index contributed by atoms with van der Waals surface area (Å²) in [6.07, 6.45) is 0.939. The fourth-order valence-electron chi connectivity index (χ4n) is 3.17. The number of rotatable bonds is 12. The second-order valence-corrected chi connectivity index (χ2v) is 11.5. The van der Waals surface area contributed by atoms with E-state index in [1.165, 1.54) is 6.92 Å². The normalized spacial score (nSPS) is 13.1. The standard InChI is InChI=1S/C24H32Cl2O5S/c1-5-7-12-30-20-10-8-17(9-11-20)24(3,4)18-13-21(25)23(22(26)14-18)31-15-19(27)16-32(28,29)6-2/h8-11,13-14,19,27H,5-7,12,15-16H2,1-4H3/t19-/m1/s1. The molecule has 0 saturated heterocycles. The molecule has 178 valence electrons. The fourth-order valence-corrected chi connectivity index (χ4v) is 4.68. The smallest absolute Gasteiger partial charge is 0.156 e. The van der Waals surface area contributed by atoms with Crippen LogP contribution in [0, 0.1) is 0 Å². The van der Waals surface area contributed by atoms with Gasteiger partial charge in [-0.2, -0.15) is 0 Å². The van der Waals surface area contributed by atoms with E-state index in [1.54, 1.807) is 12.1 Å². The van der Waals surface area contributed by atoms with Crippen LogP contribution >= 0.6 is 23.2 Å². The first-order valence-electron chi connectivity index (χ1n) is 10.7. The minimum atomic E-state index is -3.31. The maximum atomic E-state index is 11.7. The van der Waals surface area contributed by atoms with E-state index in [2.05, 4.69) is 20.8 Å². The fraction of sp³-hybridized carbons (Fsp3) is 0.500. The third-order valence-electron chi connectivity index (χ3n) is 5.37. The Balaban J connectivity index is 2.15. The highest BCUT2D eigenvalue weighted by Gasteiger charge is 2.26. The van der Waals surface area contributed by atoms with Crippen LogP contribution in [-0.2, 0) is 15.3 Å². The molecule has 32 heavy (non-hydrogen) atoms. The predicted molar refractivity (Wildman–Crippen MR) is 131 cm³/mol. The molecule has 0 aromatic heterocycles. The summed E-state index contributed by atoms with van der Waals surface area (Å²) < 4.78 is 34.6. The first-order valence-corrected chi connectivity index (χ1v) is 13.3. The molecule has 0 saturated carbocycles. The van der Waals surface area contributed by atoms with E-state index in [0.717, 1.165) is 29.7 Å². The molecule has 2 aromatic carbocycles. The van der Waals surface area contributed by atoms with Gasteiger partial charge in [-0.15, -0.1) is 0 Å². The van der Waals surface area contributed by atoms with Crippen molar-refractivity contribution >= 4 is 33.0 Å². The van der Waals surface area contributed by atoms with Gasteiger partial charge in [0.05, 0.1) is 22.4 Å². The minimum Gasteiger partial charge on any atom is -0.494 e. The summed E-state index contributed by atoms with van der Waals surface area (Å²) in [5.41, 5.74) is 1.58. The van der Waals surface area contributed by atoms with Crippen molar-refractivity contribution in [2.45, 2.75) is 52.1 Å². The van der Waals surface area contributed by atoms with E-state index in [1.807, 2.05) is 24.3 Å². The van der Waals surface area contributed by atoms with Crippen LogP contribution in [0.4, 0.5) is 0 Å². The number of unbranched alkanes of at least 4 members (excludes halogenated alkanes) is 1. The van der Waals surface area contributed by atoms with E-state index in [0.29, 0.717) is 16.7 Å². The number of hydrogen-bond acceptors (Lipinski definition) is 5. The first-order chi connectivity index (χ1) is 15.0. The Kier molecular flexibility index (Phi) is 9.70. The van der Waals surface area contributed by atoms with Crippen LogP contribution in [0.5, 0.6) is 11.5 Å². The van der Waals surface area contributed by atoms with Crippen LogP contribution in [0.2, 0.25) is 10.0 Å². The predicted octanol–water partition coefficient (Wildman–Crippen LogP) is 5.67. The van der Waals surface area contributed by atoms with Crippen molar-refractivity contribution in [2.24, 2.45) is 0 Å². The van der Waals surface area contributed by atoms with Crippen molar-refractivity contribution in [3.05, 3.63) is 57.6 Å². The molecule has 0 aliphatic rings. The molecule has 1 N–H and O–H groups in total. The second kappa shape index (κ2) is 11.6. The van der Waals surface area contributed by atoms with Crippen LogP contribution in [0.3, 0.4) is 0 Å².